The summed E-state index contributed by atoms with van der Waals surface area (Å²) in [7, 11) is 0. The second-order valence-corrected chi connectivity index (χ2v) is 7.50. The van der Waals surface area contributed by atoms with Gasteiger partial charge in [-0.05, 0) is 32.1 Å². The number of likely N-dealkylation sites (tertiary alicyclic amines) is 1. The van der Waals surface area contributed by atoms with Crippen LogP contribution in [-0.2, 0) is 16.0 Å². The molecule has 140 valence electrons. The largest absolute Gasteiger partial charge is 0.353 e. The number of aryl methyl sites for hydroxylation is 1. The lowest BCUT2D eigenvalue weighted by Crippen LogP contribution is -2.54. The van der Waals surface area contributed by atoms with E-state index in [0.29, 0.717) is 13.1 Å². The highest BCUT2D eigenvalue weighted by molar-refractivity contribution is 5.90. The maximum absolute atomic E-state index is 13.0. The number of hydrogen-bond donors (Lipinski definition) is 0. The van der Waals surface area contributed by atoms with Crippen molar-refractivity contribution in [2.45, 2.75) is 45.1 Å². The summed E-state index contributed by atoms with van der Waals surface area (Å²) in [5.74, 6) is 1.46. The van der Waals surface area contributed by atoms with Gasteiger partial charge >= 0.3 is 0 Å². The zero-order valence-electron chi connectivity index (χ0n) is 15.4. The van der Waals surface area contributed by atoms with Gasteiger partial charge in [-0.1, -0.05) is 6.92 Å². The van der Waals surface area contributed by atoms with E-state index in [9.17, 15) is 9.59 Å². The van der Waals surface area contributed by atoms with Crippen molar-refractivity contribution < 1.29 is 9.59 Å². The highest BCUT2D eigenvalue weighted by atomic mass is 16.2. The maximum atomic E-state index is 13.0. The molecule has 4 rings (SSSR count). The van der Waals surface area contributed by atoms with Crippen LogP contribution >= 0.6 is 0 Å². The van der Waals surface area contributed by atoms with Gasteiger partial charge in [-0.2, -0.15) is 0 Å². The number of piperazine rings is 1. The Labute approximate surface area is 154 Å². The Balaban J connectivity index is 1.36. The van der Waals surface area contributed by atoms with Crippen LogP contribution < -0.4 is 4.90 Å². The second kappa shape index (κ2) is 7.21. The van der Waals surface area contributed by atoms with Gasteiger partial charge in [-0.15, -0.1) is 0 Å². The molecule has 26 heavy (non-hydrogen) atoms. The van der Waals surface area contributed by atoms with Crippen LogP contribution in [0.2, 0.25) is 0 Å². The minimum atomic E-state index is -0.236. The Bertz CT molecular complexity index is 682. The van der Waals surface area contributed by atoms with Gasteiger partial charge in [0.15, 0.2) is 0 Å². The van der Waals surface area contributed by atoms with Crippen molar-refractivity contribution in [1.82, 2.24) is 19.8 Å². The molecule has 0 bridgehead atoms. The Morgan fingerprint density at radius 1 is 1.04 bits per heavy atom. The quantitative estimate of drug-likeness (QED) is 0.807. The van der Waals surface area contributed by atoms with Crippen LogP contribution in [0.15, 0.2) is 12.4 Å². The minimum Gasteiger partial charge on any atom is -0.353 e. The van der Waals surface area contributed by atoms with Crippen LogP contribution in [-0.4, -0.2) is 70.3 Å². The van der Waals surface area contributed by atoms with E-state index in [4.69, 9.17) is 0 Å². The predicted molar refractivity (Wildman–Crippen MR) is 97.7 cm³/mol. The summed E-state index contributed by atoms with van der Waals surface area (Å²) < 4.78 is 0. The monoisotopic (exact) mass is 357 g/mol. The Kier molecular flexibility index (Phi) is 4.78. The number of carbonyl (C=O) groups excluding carboxylic acids is 2. The van der Waals surface area contributed by atoms with Crippen LogP contribution in [0.4, 0.5) is 5.82 Å². The zero-order valence-corrected chi connectivity index (χ0v) is 15.4. The maximum Gasteiger partial charge on any atom is 0.245 e. The molecule has 0 aromatic carbocycles. The molecule has 0 spiro atoms. The molecule has 3 fully saturated rings. The molecule has 2 aliphatic heterocycles. The van der Waals surface area contributed by atoms with Crippen LogP contribution in [0.25, 0.3) is 0 Å². The summed E-state index contributed by atoms with van der Waals surface area (Å²) in [4.78, 5) is 40.1. The molecule has 3 heterocycles. The average molecular weight is 357 g/mol. The lowest BCUT2D eigenvalue weighted by atomic mass is 10.1. The molecule has 1 saturated carbocycles. The smallest absolute Gasteiger partial charge is 0.245 e. The first-order valence-electron chi connectivity index (χ1n) is 9.82. The van der Waals surface area contributed by atoms with E-state index in [2.05, 4.69) is 21.8 Å². The molecular formula is C19H27N5O2. The molecule has 3 aliphatic rings. The molecule has 1 unspecified atom stereocenters. The Hall–Kier alpha value is -2.18. The van der Waals surface area contributed by atoms with E-state index in [1.165, 1.54) is 0 Å². The van der Waals surface area contributed by atoms with Gasteiger partial charge in [0.1, 0.15) is 18.2 Å². The zero-order chi connectivity index (χ0) is 18.1. The lowest BCUT2D eigenvalue weighted by molar-refractivity contribution is -0.144. The van der Waals surface area contributed by atoms with Gasteiger partial charge in [0.2, 0.25) is 11.8 Å². The van der Waals surface area contributed by atoms with Crippen LogP contribution in [0.5, 0.6) is 0 Å². The molecule has 0 radical (unpaired) electrons. The average Bonchev–Trinajstić information content (AvgIpc) is 3.43. The topological polar surface area (TPSA) is 69.6 Å². The summed E-state index contributed by atoms with van der Waals surface area (Å²) in [6.45, 7) is 5.74. The first kappa shape index (κ1) is 17.2. The Morgan fingerprint density at radius 2 is 1.81 bits per heavy atom. The third-order valence-corrected chi connectivity index (χ3v) is 5.73. The molecule has 1 aromatic rings. The van der Waals surface area contributed by atoms with Crippen LogP contribution in [0.3, 0.4) is 0 Å². The number of rotatable bonds is 4. The fraction of sp³-hybridized carbons (Fsp3) is 0.684. The number of hydrogen-bond acceptors (Lipinski definition) is 5. The molecular weight excluding hydrogens is 330 g/mol. The summed E-state index contributed by atoms with van der Waals surface area (Å²) in [6.07, 6.45) is 6.24. The van der Waals surface area contributed by atoms with Gasteiger partial charge in [0.25, 0.3) is 0 Å². The molecule has 2 amide bonds. The highest BCUT2D eigenvalue weighted by Gasteiger charge is 2.42. The first-order valence-corrected chi connectivity index (χ1v) is 9.82. The van der Waals surface area contributed by atoms with Crippen LogP contribution in [0.1, 0.15) is 38.3 Å². The summed E-state index contributed by atoms with van der Waals surface area (Å²) in [5.41, 5.74) is 1.04. The van der Waals surface area contributed by atoms with E-state index < -0.39 is 0 Å². The number of nitrogens with zero attached hydrogens (tertiary/aromatic N) is 5. The van der Waals surface area contributed by atoms with E-state index in [0.717, 1.165) is 63.3 Å². The number of carbonyl (C=O) groups is 2. The summed E-state index contributed by atoms with van der Waals surface area (Å²) in [6, 6.07) is 1.80. The normalized spacial score (nSPS) is 23.4. The fourth-order valence-corrected chi connectivity index (χ4v) is 3.97. The number of anilines is 1. The van der Waals surface area contributed by atoms with Gasteiger partial charge in [-0.3, -0.25) is 9.59 Å². The van der Waals surface area contributed by atoms with Crippen molar-refractivity contribution in [1.29, 1.82) is 0 Å². The third-order valence-electron chi connectivity index (χ3n) is 5.73. The molecule has 1 aliphatic carbocycles. The third kappa shape index (κ3) is 3.39. The van der Waals surface area contributed by atoms with E-state index in [-0.39, 0.29) is 23.8 Å². The lowest BCUT2D eigenvalue weighted by Gasteiger charge is -2.37. The van der Waals surface area contributed by atoms with Crippen molar-refractivity contribution in [2.24, 2.45) is 5.92 Å². The second-order valence-electron chi connectivity index (χ2n) is 7.50. The van der Waals surface area contributed by atoms with Crippen LogP contribution in [0, 0.1) is 5.92 Å². The van der Waals surface area contributed by atoms with Crippen molar-refractivity contribution in [2.75, 3.05) is 37.6 Å². The van der Waals surface area contributed by atoms with Crippen molar-refractivity contribution >= 4 is 17.6 Å². The van der Waals surface area contributed by atoms with Crippen molar-refractivity contribution in [3.63, 3.8) is 0 Å². The first-order chi connectivity index (χ1) is 12.7. The van der Waals surface area contributed by atoms with E-state index >= 15 is 0 Å². The van der Waals surface area contributed by atoms with Crippen molar-refractivity contribution in [3.05, 3.63) is 18.1 Å². The Morgan fingerprint density at radius 3 is 2.50 bits per heavy atom. The van der Waals surface area contributed by atoms with Gasteiger partial charge < -0.3 is 14.7 Å². The minimum absolute atomic E-state index is 0.132. The molecule has 7 nitrogen and oxygen atoms in total. The molecule has 1 aromatic heterocycles. The predicted octanol–water partition coefficient (Wildman–Crippen LogP) is 1.09. The van der Waals surface area contributed by atoms with E-state index in [1.54, 1.807) is 6.33 Å². The molecule has 1 atom stereocenters. The fourth-order valence-electron chi connectivity index (χ4n) is 3.97. The molecule has 0 N–H and O–H groups in total. The standard InChI is InChI=1S/C19H27N5O2/c1-2-15-12-17(21-13-20-15)22-8-10-23(11-9-22)19(26)16-4-3-7-24(16)18(25)14-5-6-14/h12-14,16H,2-11H2,1H3. The SMILES string of the molecule is CCc1cc(N2CCN(C(=O)C3CCCN3C(=O)C3CC3)CC2)ncn1. The van der Waals surface area contributed by atoms with Crippen molar-refractivity contribution in [3.8, 4) is 0 Å². The summed E-state index contributed by atoms with van der Waals surface area (Å²) >= 11 is 0. The van der Waals surface area contributed by atoms with E-state index in [1.807, 2.05) is 15.9 Å². The van der Waals surface area contributed by atoms with Gasteiger partial charge in [0, 0.05) is 50.4 Å². The number of amides is 2. The summed E-state index contributed by atoms with van der Waals surface area (Å²) in [5, 5.41) is 0. The highest BCUT2D eigenvalue weighted by Crippen LogP contribution is 2.34. The molecule has 7 heteroatoms. The molecule has 2 saturated heterocycles. The van der Waals surface area contributed by atoms with Gasteiger partial charge in [0.05, 0.1) is 0 Å². The number of aromatic nitrogens is 2. The van der Waals surface area contributed by atoms with Gasteiger partial charge in [-0.25, -0.2) is 9.97 Å².